The Bertz CT molecular complexity index is 968. The summed E-state index contributed by atoms with van der Waals surface area (Å²) in [5.41, 5.74) is -1.18. The van der Waals surface area contributed by atoms with Crippen LogP contribution in [0, 0.1) is 11.6 Å². The lowest BCUT2D eigenvalue weighted by atomic mass is 10.0. The normalized spacial score (nSPS) is 12.4. The summed E-state index contributed by atoms with van der Waals surface area (Å²) >= 11 is 11.2. The minimum Gasteiger partial charge on any atom is -0.207 e. The minimum atomic E-state index is -4.36. The lowest BCUT2D eigenvalue weighted by Crippen LogP contribution is -1.99. The van der Waals surface area contributed by atoms with Gasteiger partial charge in [-0.2, -0.15) is 0 Å². The van der Waals surface area contributed by atoms with Crippen molar-refractivity contribution < 1.29 is 25.6 Å². The molecule has 24 heavy (non-hydrogen) atoms. The predicted molar refractivity (Wildman–Crippen MR) is 87.9 cm³/mol. The van der Waals surface area contributed by atoms with Gasteiger partial charge in [0.05, 0.1) is 10.0 Å². The molecule has 0 aliphatic carbocycles. The fraction of sp³-hybridized carbons (Fsp3) is 0. The van der Waals surface area contributed by atoms with Crippen molar-refractivity contribution in [2.75, 3.05) is 0 Å². The van der Waals surface area contributed by atoms with Crippen LogP contribution in [0.4, 0.5) is 8.78 Å². The Morgan fingerprint density at radius 3 is 1.21 bits per heavy atom. The summed E-state index contributed by atoms with van der Waals surface area (Å²) in [4.78, 5) is -1.35. The second-order valence-corrected chi connectivity index (χ2v) is 10.3. The van der Waals surface area contributed by atoms with E-state index in [1.807, 2.05) is 0 Å². The Morgan fingerprint density at radius 1 is 0.667 bits per heavy atom. The summed E-state index contributed by atoms with van der Waals surface area (Å²) in [6.07, 6.45) is 0. The lowest BCUT2D eigenvalue weighted by Gasteiger charge is -2.10. The van der Waals surface area contributed by atoms with E-state index in [1.54, 1.807) is 0 Å². The van der Waals surface area contributed by atoms with Crippen molar-refractivity contribution in [2.45, 2.75) is 9.79 Å². The van der Waals surface area contributed by atoms with Gasteiger partial charge in [-0.3, -0.25) is 0 Å². The highest BCUT2D eigenvalue weighted by Gasteiger charge is 2.24. The summed E-state index contributed by atoms with van der Waals surface area (Å²) in [6.45, 7) is 0. The minimum absolute atomic E-state index is 0.522. The zero-order chi connectivity index (χ0) is 18.4. The summed E-state index contributed by atoms with van der Waals surface area (Å²) in [7, 11) is 1.64. The van der Waals surface area contributed by atoms with E-state index in [9.17, 15) is 25.6 Å². The van der Waals surface area contributed by atoms with Crippen molar-refractivity contribution in [3.63, 3.8) is 0 Å². The van der Waals surface area contributed by atoms with Gasteiger partial charge < -0.3 is 0 Å². The van der Waals surface area contributed by atoms with Gasteiger partial charge in [0.25, 0.3) is 18.1 Å². The third kappa shape index (κ3) is 3.95. The monoisotopic (exact) mass is 454 g/mol. The van der Waals surface area contributed by atoms with Gasteiger partial charge in [0.1, 0.15) is 21.4 Å². The molecule has 12 heteroatoms. The van der Waals surface area contributed by atoms with Crippen LogP contribution in [-0.4, -0.2) is 16.8 Å². The van der Waals surface area contributed by atoms with E-state index in [0.29, 0.717) is 24.3 Å². The van der Waals surface area contributed by atoms with Crippen molar-refractivity contribution in [1.29, 1.82) is 0 Å². The predicted octanol–water partition coefficient (Wildman–Crippen LogP) is 4.79. The standard InChI is InChI=1S/C12H4Cl4F2O4S2/c13-7-3-9(17)5(1-11(7)23(15,19)20)6-2-12(24(16,21)22)8(14)4-10(6)18/h1-4H. The van der Waals surface area contributed by atoms with Crippen LogP contribution < -0.4 is 0 Å². The second-order valence-electron chi connectivity index (χ2n) is 4.40. The quantitative estimate of drug-likeness (QED) is 0.623. The molecule has 2 rings (SSSR count). The lowest BCUT2D eigenvalue weighted by molar-refractivity contribution is 0.602. The molecule has 0 radical (unpaired) electrons. The Balaban J connectivity index is 2.87. The van der Waals surface area contributed by atoms with E-state index in [-0.39, 0.29) is 0 Å². The first kappa shape index (κ1) is 19.7. The van der Waals surface area contributed by atoms with E-state index in [0.717, 1.165) is 0 Å². The van der Waals surface area contributed by atoms with Crippen molar-refractivity contribution >= 4 is 62.7 Å². The molecule has 0 amide bonds. The van der Waals surface area contributed by atoms with Crippen LogP contribution >= 0.6 is 44.6 Å². The van der Waals surface area contributed by atoms with Crippen LogP contribution in [-0.2, 0) is 18.1 Å². The van der Waals surface area contributed by atoms with Crippen molar-refractivity contribution in [3.8, 4) is 11.1 Å². The Morgan fingerprint density at radius 2 is 0.958 bits per heavy atom. The maximum absolute atomic E-state index is 14.1. The molecule has 0 bridgehead atoms. The van der Waals surface area contributed by atoms with Crippen LogP contribution in [0.25, 0.3) is 11.1 Å². The van der Waals surface area contributed by atoms with Gasteiger partial charge in [0.2, 0.25) is 0 Å². The smallest absolute Gasteiger partial charge is 0.207 e. The molecule has 130 valence electrons. The number of hydrogen-bond donors (Lipinski definition) is 0. The van der Waals surface area contributed by atoms with Crippen LogP contribution in [0.5, 0.6) is 0 Å². The summed E-state index contributed by atoms with van der Waals surface area (Å²) in [6, 6.07) is 2.57. The van der Waals surface area contributed by atoms with E-state index in [1.165, 1.54) is 0 Å². The van der Waals surface area contributed by atoms with Crippen LogP contribution in [0.2, 0.25) is 10.0 Å². The molecule has 0 aliphatic heterocycles. The zero-order valence-electron chi connectivity index (χ0n) is 11.0. The largest absolute Gasteiger partial charge is 0.262 e. The Labute approximate surface area is 154 Å². The summed E-state index contributed by atoms with van der Waals surface area (Å²) < 4.78 is 74.0. The first-order valence-electron chi connectivity index (χ1n) is 5.70. The highest BCUT2D eigenvalue weighted by atomic mass is 35.7. The molecule has 2 aromatic carbocycles. The van der Waals surface area contributed by atoms with Gasteiger partial charge in [-0.25, -0.2) is 25.6 Å². The number of halogens is 6. The van der Waals surface area contributed by atoms with Gasteiger partial charge in [-0.15, -0.1) is 0 Å². The van der Waals surface area contributed by atoms with Gasteiger partial charge >= 0.3 is 0 Å². The van der Waals surface area contributed by atoms with Crippen molar-refractivity contribution in [1.82, 2.24) is 0 Å². The maximum Gasteiger partial charge on any atom is 0.262 e. The molecular formula is C12H4Cl4F2O4S2. The average Bonchev–Trinajstić information content (AvgIpc) is 2.36. The molecule has 0 atom stereocenters. The fourth-order valence-electron chi connectivity index (χ4n) is 1.84. The van der Waals surface area contributed by atoms with Gasteiger partial charge in [-0.05, 0) is 24.3 Å². The Hall–Kier alpha value is -0.640. The molecule has 0 saturated heterocycles. The molecule has 0 spiro atoms. The summed E-state index contributed by atoms with van der Waals surface area (Å²) in [5.74, 6) is -2.22. The average molecular weight is 456 g/mol. The van der Waals surface area contributed by atoms with Gasteiger partial charge in [0.15, 0.2) is 0 Å². The van der Waals surface area contributed by atoms with Gasteiger partial charge in [-0.1, -0.05) is 23.2 Å². The molecule has 2 aromatic rings. The zero-order valence-corrected chi connectivity index (χ0v) is 15.7. The first-order valence-corrected chi connectivity index (χ1v) is 11.1. The molecule has 0 saturated carbocycles. The first-order chi connectivity index (χ1) is 10.8. The molecule has 0 aromatic heterocycles. The number of benzene rings is 2. The maximum atomic E-state index is 14.1. The SMILES string of the molecule is O=S(=O)(Cl)c1cc(-c2cc(S(=O)(=O)Cl)c(Cl)cc2F)c(F)cc1Cl. The van der Waals surface area contributed by atoms with Gasteiger partial charge in [0, 0.05) is 32.5 Å². The van der Waals surface area contributed by atoms with Crippen molar-refractivity contribution in [2.24, 2.45) is 0 Å². The van der Waals surface area contributed by atoms with Crippen LogP contribution in [0.3, 0.4) is 0 Å². The van der Waals surface area contributed by atoms with Crippen LogP contribution in [0.1, 0.15) is 0 Å². The topological polar surface area (TPSA) is 68.3 Å². The molecular weight excluding hydrogens is 452 g/mol. The van der Waals surface area contributed by atoms with Crippen LogP contribution in [0.15, 0.2) is 34.1 Å². The highest BCUT2D eigenvalue weighted by Crippen LogP contribution is 2.37. The Kier molecular flexibility index (Phi) is 5.40. The van der Waals surface area contributed by atoms with E-state index in [4.69, 9.17) is 44.6 Å². The molecule has 0 N–H and O–H groups in total. The third-order valence-corrected chi connectivity index (χ3v) is 6.43. The van der Waals surface area contributed by atoms with Crippen molar-refractivity contribution in [3.05, 3.63) is 45.9 Å². The number of hydrogen-bond acceptors (Lipinski definition) is 4. The number of rotatable bonds is 3. The second kappa shape index (κ2) is 6.59. The van der Waals surface area contributed by atoms with E-state index in [2.05, 4.69) is 0 Å². The molecule has 0 aliphatic rings. The van der Waals surface area contributed by atoms with E-state index >= 15 is 0 Å². The molecule has 0 fully saturated rings. The molecule has 0 heterocycles. The fourth-order valence-corrected chi connectivity index (χ4v) is 4.86. The van der Waals surface area contributed by atoms with E-state index < -0.39 is 60.7 Å². The molecule has 4 nitrogen and oxygen atoms in total. The highest BCUT2D eigenvalue weighted by molar-refractivity contribution is 8.14. The third-order valence-electron chi connectivity index (χ3n) is 2.86. The summed E-state index contributed by atoms with van der Waals surface area (Å²) in [5, 5.41) is -1.04. The molecule has 0 unspecified atom stereocenters.